The van der Waals surface area contributed by atoms with Crippen LogP contribution in [0.5, 0.6) is 11.8 Å². The summed E-state index contributed by atoms with van der Waals surface area (Å²) in [4.78, 5) is 11.8. The zero-order chi connectivity index (χ0) is 17.9. The number of para-hydroxylation sites is 1. The molecular formula is C16H20N6O4. The van der Waals surface area contributed by atoms with Crippen molar-refractivity contribution in [1.29, 1.82) is 0 Å². The van der Waals surface area contributed by atoms with Crippen LogP contribution in [0.25, 0.3) is 0 Å². The highest BCUT2D eigenvalue weighted by atomic mass is 16.6. The quantitative estimate of drug-likeness (QED) is 0.798. The van der Waals surface area contributed by atoms with Crippen LogP contribution in [0.15, 0.2) is 30.3 Å². The van der Waals surface area contributed by atoms with Crippen molar-refractivity contribution in [2.75, 3.05) is 19.8 Å². The molecule has 2 fully saturated rings. The van der Waals surface area contributed by atoms with Gasteiger partial charge in [-0.15, -0.1) is 0 Å². The molecule has 0 aliphatic carbocycles. The number of rotatable bonds is 5. The second-order valence-electron chi connectivity index (χ2n) is 6.09. The molecular weight excluding hydrogens is 340 g/mol. The van der Waals surface area contributed by atoms with Gasteiger partial charge in [0.25, 0.3) is 0 Å². The molecule has 0 saturated carbocycles. The molecule has 138 valence electrons. The summed E-state index contributed by atoms with van der Waals surface area (Å²) in [5.74, 6) is 0.641. The molecule has 4 atom stereocenters. The molecule has 0 unspecified atom stereocenters. The lowest BCUT2D eigenvalue weighted by molar-refractivity contribution is 0.0613. The Balaban J connectivity index is 1.46. The Morgan fingerprint density at radius 1 is 1.27 bits per heavy atom. The fraction of sp³-hybridized carbons (Fsp3) is 0.500. The topological polar surface area (TPSA) is 112 Å². The molecule has 4 rings (SSSR count). The molecule has 0 radical (unpaired) electrons. The van der Waals surface area contributed by atoms with Crippen molar-refractivity contribution >= 4 is 6.03 Å². The van der Waals surface area contributed by atoms with Crippen LogP contribution in [0.4, 0.5) is 4.79 Å². The van der Waals surface area contributed by atoms with Crippen molar-refractivity contribution in [2.45, 2.75) is 31.2 Å². The Kier molecular flexibility index (Phi) is 4.67. The Morgan fingerprint density at radius 2 is 2.08 bits per heavy atom. The molecule has 0 spiro atoms. The number of tetrazole rings is 1. The number of nitrogens with one attached hydrogen (secondary N) is 2. The van der Waals surface area contributed by atoms with E-state index in [0.29, 0.717) is 25.5 Å². The molecule has 1 aromatic carbocycles. The highest BCUT2D eigenvalue weighted by molar-refractivity contribution is 5.74. The van der Waals surface area contributed by atoms with Gasteiger partial charge in [-0.1, -0.05) is 23.3 Å². The Labute approximate surface area is 149 Å². The maximum Gasteiger partial charge on any atom is 0.341 e. The molecule has 2 saturated heterocycles. The summed E-state index contributed by atoms with van der Waals surface area (Å²) in [5.41, 5.74) is 0. The third-order valence-corrected chi connectivity index (χ3v) is 4.41. The van der Waals surface area contributed by atoms with E-state index in [1.807, 2.05) is 37.3 Å². The van der Waals surface area contributed by atoms with E-state index in [0.717, 1.165) is 0 Å². The number of carbonyl (C=O) groups excluding carboxylic acids is 1. The van der Waals surface area contributed by atoms with Crippen LogP contribution in [0.1, 0.15) is 13.0 Å². The van der Waals surface area contributed by atoms with Crippen molar-refractivity contribution in [3.63, 3.8) is 0 Å². The van der Waals surface area contributed by atoms with Crippen LogP contribution < -0.4 is 15.4 Å². The second-order valence-corrected chi connectivity index (χ2v) is 6.09. The summed E-state index contributed by atoms with van der Waals surface area (Å²) in [6.45, 7) is 3.17. The minimum Gasteiger partial charge on any atom is -0.423 e. The number of nitrogens with zero attached hydrogens (tertiary/aromatic N) is 4. The second kappa shape index (κ2) is 7.26. The first kappa shape index (κ1) is 16.7. The van der Waals surface area contributed by atoms with Gasteiger partial charge in [-0.05, 0) is 29.5 Å². The number of amides is 2. The average Bonchev–Trinajstić information content (AvgIpc) is 3.34. The van der Waals surface area contributed by atoms with Crippen LogP contribution >= 0.6 is 0 Å². The molecule has 10 heteroatoms. The van der Waals surface area contributed by atoms with E-state index < -0.39 is 0 Å². The van der Waals surface area contributed by atoms with E-state index in [4.69, 9.17) is 14.2 Å². The third kappa shape index (κ3) is 3.20. The van der Waals surface area contributed by atoms with Crippen molar-refractivity contribution in [3.8, 4) is 11.8 Å². The SMILES string of the molecule is CCNC(=O)N[C@@H]1CO[C@@H]2[C@@H]1OC[C@@H]2n1nnnc1Oc1ccccc1. The number of benzene rings is 1. The fourth-order valence-corrected chi connectivity index (χ4v) is 3.25. The van der Waals surface area contributed by atoms with E-state index in [1.165, 1.54) is 0 Å². The smallest absolute Gasteiger partial charge is 0.341 e. The molecule has 26 heavy (non-hydrogen) atoms. The minimum atomic E-state index is -0.261. The predicted octanol–water partition coefficient (Wildman–Crippen LogP) is 0.492. The summed E-state index contributed by atoms with van der Waals surface area (Å²) in [7, 11) is 0. The van der Waals surface area contributed by atoms with Gasteiger partial charge in [0.2, 0.25) is 0 Å². The Hall–Kier alpha value is -2.72. The molecule has 3 heterocycles. The van der Waals surface area contributed by atoms with Crippen LogP contribution in [-0.4, -0.2) is 64.2 Å². The van der Waals surface area contributed by atoms with Crippen LogP contribution in [0, 0.1) is 0 Å². The molecule has 2 N–H and O–H groups in total. The minimum absolute atomic E-state index is 0.216. The number of aromatic nitrogens is 4. The number of hydrogen-bond acceptors (Lipinski definition) is 7. The maximum atomic E-state index is 11.8. The fourth-order valence-electron chi connectivity index (χ4n) is 3.25. The van der Waals surface area contributed by atoms with E-state index in [1.54, 1.807) is 4.68 Å². The number of hydrogen-bond donors (Lipinski definition) is 2. The van der Waals surface area contributed by atoms with Gasteiger partial charge in [0.15, 0.2) is 0 Å². The van der Waals surface area contributed by atoms with Crippen LogP contribution in [0.2, 0.25) is 0 Å². The van der Waals surface area contributed by atoms with Crippen molar-refractivity contribution in [2.24, 2.45) is 0 Å². The van der Waals surface area contributed by atoms with E-state index >= 15 is 0 Å². The highest BCUT2D eigenvalue weighted by Gasteiger charge is 2.50. The van der Waals surface area contributed by atoms with Gasteiger partial charge in [0, 0.05) is 6.54 Å². The standard InChI is InChI=1S/C16H20N6O4/c1-2-17-15(23)18-11-8-24-14-12(9-25-13(11)14)22-16(19-20-21-22)26-10-6-4-3-5-7-10/h3-7,11-14H,2,8-9H2,1H3,(H2,17,18,23)/t11-,12+,13-,14+/m1/s1. The first-order valence-corrected chi connectivity index (χ1v) is 8.54. The lowest BCUT2D eigenvalue weighted by Gasteiger charge is -2.18. The van der Waals surface area contributed by atoms with Gasteiger partial charge in [-0.2, -0.15) is 4.68 Å². The van der Waals surface area contributed by atoms with E-state index in [-0.39, 0.29) is 36.3 Å². The van der Waals surface area contributed by atoms with Crippen molar-refractivity contribution < 1.29 is 19.0 Å². The normalized spacial score (nSPS) is 27.1. The van der Waals surface area contributed by atoms with E-state index in [9.17, 15) is 4.79 Å². The van der Waals surface area contributed by atoms with Gasteiger partial charge < -0.3 is 24.8 Å². The molecule has 2 aliphatic heterocycles. The summed E-state index contributed by atoms with van der Waals surface area (Å²) in [6.07, 6.45) is -0.514. The predicted molar refractivity (Wildman–Crippen MR) is 88.8 cm³/mol. The first-order valence-electron chi connectivity index (χ1n) is 8.54. The highest BCUT2D eigenvalue weighted by Crippen LogP contribution is 2.35. The molecule has 2 amide bonds. The Morgan fingerprint density at radius 3 is 2.88 bits per heavy atom. The maximum absolute atomic E-state index is 11.8. The van der Waals surface area contributed by atoms with Crippen molar-refractivity contribution in [1.82, 2.24) is 30.8 Å². The van der Waals surface area contributed by atoms with Gasteiger partial charge in [0.1, 0.15) is 24.0 Å². The van der Waals surface area contributed by atoms with Crippen LogP contribution in [-0.2, 0) is 9.47 Å². The number of ether oxygens (including phenoxy) is 3. The molecule has 0 bridgehead atoms. The summed E-state index contributed by atoms with van der Waals surface area (Å²) >= 11 is 0. The lowest BCUT2D eigenvalue weighted by atomic mass is 10.1. The van der Waals surface area contributed by atoms with Gasteiger partial charge in [0.05, 0.1) is 19.3 Å². The van der Waals surface area contributed by atoms with Gasteiger partial charge in [-0.25, -0.2) is 4.79 Å². The molecule has 2 aliphatic rings. The molecule has 1 aromatic heterocycles. The van der Waals surface area contributed by atoms with Crippen LogP contribution in [0.3, 0.4) is 0 Å². The molecule has 2 aromatic rings. The average molecular weight is 360 g/mol. The largest absolute Gasteiger partial charge is 0.423 e. The first-order chi connectivity index (χ1) is 12.8. The van der Waals surface area contributed by atoms with E-state index in [2.05, 4.69) is 26.2 Å². The number of fused-ring (bicyclic) bond motifs is 1. The molecule has 10 nitrogen and oxygen atoms in total. The monoisotopic (exact) mass is 360 g/mol. The zero-order valence-corrected chi connectivity index (χ0v) is 14.2. The van der Waals surface area contributed by atoms with Gasteiger partial charge >= 0.3 is 12.0 Å². The van der Waals surface area contributed by atoms with Crippen molar-refractivity contribution in [3.05, 3.63) is 30.3 Å². The summed E-state index contributed by atoms with van der Waals surface area (Å²) < 4.78 is 19.1. The lowest BCUT2D eigenvalue weighted by Crippen LogP contribution is -2.48. The summed E-state index contributed by atoms with van der Waals surface area (Å²) in [5, 5.41) is 17.3. The zero-order valence-electron chi connectivity index (χ0n) is 14.2. The Bertz CT molecular complexity index is 754. The van der Waals surface area contributed by atoms with Gasteiger partial charge in [-0.3, -0.25) is 0 Å². The third-order valence-electron chi connectivity index (χ3n) is 4.41. The number of carbonyl (C=O) groups is 1. The number of urea groups is 1. The summed E-state index contributed by atoms with van der Waals surface area (Å²) in [6, 6.07) is 8.89.